The molecule has 0 radical (unpaired) electrons. The van der Waals surface area contributed by atoms with Crippen molar-refractivity contribution in [2.24, 2.45) is 5.41 Å². The van der Waals surface area contributed by atoms with Gasteiger partial charge in [0.15, 0.2) is 0 Å². The zero-order chi connectivity index (χ0) is 9.15. The smallest absolute Gasteiger partial charge is 0.0699 e. The summed E-state index contributed by atoms with van der Waals surface area (Å²) in [6.07, 6.45) is 8.84. The van der Waals surface area contributed by atoms with Crippen LogP contribution in [0.1, 0.15) is 38.5 Å². The predicted octanol–water partition coefficient (Wildman–Crippen LogP) is 1.95. The lowest BCUT2D eigenvalue weighted by Gasteiger charge is -2.37. The van der Waals surface area contributed by atoms with Crippen molar-refractivity contribution in [2.45, 2.75) is 44.6 Å². The number of likely N-dealkylation sites (N-methyl/N-ethyl adjacent to an activating group) is 1. The maximum absolute atomic E-state index is 5.89. The molecular weight excluding hydrogens is 162 g/mol. The quantitative estimate of drug-likeness (QED) is 0.706. The number of hydrogen-bond donors (Lipinski definition) is 1. The minimum absolute atomic E-state index is 0.483. The second-order valence-corrected chi connectivity index (χ2v) is 4.74. The van der Waals surface area contributed by atoms with Gasteiger partial charge in [-0.05, 0) is 38.1 Å². The van der Waals surface area contributed by atoms with Crippen LogP contribution in [0.2, 0.25) is 0 Å². The van der Waals surface area contributed by atoms with Gasteiger partial charge in [0.2, 0.25) is 0 Å². The molecule has 0 aromatic carbocycles. The maximum atomic E-state index is 5.89. The molecule has 0 aromatic heterocycles. The van der Waals surface area contributed by atoms with E-state index >= 15 is 0 Å². The molecule has 2 aliphatic rings. The van der Waals surface area contributed by atoms with Crippen LogP contribution < -0.4 is 5.32 Å². The average Bonchev–Trinajstić information content (AvgIpc) is 2.59. The van der Waals surface area contributed by atoms with E-state index in [1.165, 1.54) is 38.5 Å². The van der Waals surface area contributed by atoms with E-state index in [2.05, 4.69) is 5.32 Å². The van der Waals surface area contributed by atoms with Gasteiger partial charge in [-0.3, -0.25) is 0 Å². The van der Waals surface area contributed by atoms with Crippen LogP contribution in [0.25, 0.3) is 0 Å². The van der Waals surface area contributed by atoms with Gasteiger partial charge in [-0.1, -0.05) is 12.8 Å². The average molecular weight is 183 g/mol. The summed E-state index contributed by atoms with van der Waals surface area (Å²) in [7, 11) is 2.00. The second-order valence-electron chi connectivity index (χ2n) is 4.74. The minimum atomic E-state index is 0.483. The van der Waals surface area contributed by atoms with Gasteiger partial charge in [0.25, 0.3) is 0 Å². The van der Waals surface area contributed by atoms with Crippen LogP contribution in [0.15, 0.2) is 0 Å². The SMILES string of the molecule is CNCC1CCC2(CCCC2)CO1. The lowest BCUT2D eigenvalue weighted by Crippen LogP contribution is -2.38. The van der Waals surface area contributed by atoms with Crippen LogP contribution in [0.4, 0.5) is 0 Å². The minimum Gasteiger partial charge on any atom is -0.376 e. The molecule has 1 saturated heterocycles. The van der Waals surface area contributed by atoms with E-state index in [0.717, 1.165) is 13.2 Å². The summed E-state index contributed by atoms with van der Waals surface area (Å²) in [6.45, 7) is 2.05. The first-order valence-corrected chi connectivity index (χ1v) is 5.61. The monoisotopic (exact) mass is 183 g/mol. The molecule has 1 N–H and O–H groups in total. The largest absolute Gasteiger partial charge is 0.376 e. The molecule has 1 spiro atoms. The highest BCUT2D eigenvalue weighted by molar-refractivity contribution is 4.88. The topological polar surface area (TPSA) is 21.3 Å². The Bertz CT molecular complexity index is 153. The van der Waals surface area contributed by atoms with Crippen LogP contribution in [0.5, 0.6) is 0 Å². The predicted molar refractivity (Wildman–Crippen MR) is 53.8 cm³/mol. The number of ether oxygens (including phenoxy) is 1. The molecule has 1 unspecified atom stereocenters. The number of hydrogen-bond acceptors (Lipinski definition) is 2. The molecule has 2 nitrogen and oxygen atoms in total. The highest BCUT2D eigenvalue weighted by atomic mass is 16.5. The van der Waals surface area contributed by atoms with E-state index in [4.69, 9.17) is 4.74 Å². The molecular formula is C11H21NO. The van der Waals surface area contributed by atoms with Crippen molar-refractivity contribution in [1.29, 1.82) is 0 Å². The third-order valence-corrected chi connectivity index (χ3v) is 3.72. The van der Waals surface area contributed by atoms with Gasteiger partial charge in [-0.15, -0.1) is 0 Å². The van der Waals surface area contributed by atoms with Crippen molar-refractivity contribution in [3.05, 3.63) is 0 Å². The zero-order valence-corrected chi connectivity index (χ0v) is 8.64. The molecule has 76 valence electrons. The van der Waals surface area contributed by atoms with Crippen molar-refractivity contribution < 1.29 is 4.74 Å². The van der Waals surface area contributed by atoms with E-state index in [1.54, 1.807) is 0 Å². The molecule has 0 bridgehead atoms. The van der Waals surface area contributed by atoms with Crippen molar-refractivity contribution >= 4 is 0 Å². The molecule has 2 heteroatoms. The molecule has 1 aliphatic heterocycles. The van der Waals surface area contributed by atoms with Gasteiger partial charge in [0.05, 0.1) is 12.7 Å². The molecule has 1 heterocycles. The summed E-state index contributed by atoms with van der Waals surface area (Å²) in [5, 5.41) is 3.19. The van der Waals surface area contributed by atoms with Gasteiger partial charge in [-0.25, -0.2) is 0 Å². The fourth-order valence-electron chi connectivity index (χ4n) is 2.83. The van der Waals surface area contributed by atoms with E-state index < -0.39 is 0 Å². The van der Waals surface area contributed by atoms with Crippen molar-refractivity contribution in [2.75, 3.05) is 20.2 Å². The lowest BCUT2D eigenvalue weighted by molar-refractivity contribution is -0.0580. The molecule has 1 atom stereocenters. The second kappa shape index (κ2) is 3.97. The van der Waals surface area contributed by atoms with Crippen molar-refractivity contribution in [3.8, 4) is 0 Å². The highest BCUT2D eigenvalue weighted by Crippen LogP contribution is 2.45. The van der Waals surface area contributed by atoms with Gasteiger partial charge >= 0.3 is 0 Å². The maximum Gasteiger partial charge on any atom is 0.0699 e. The van der Waals surface area contributed by atoms with E-state index in [-0.39, 0.29) is 0 Å². The Kier molecular flexibility index (Phi) is 2.89. The van der Waals surface area contributed by atoms with Crippen molar-refractivity contribution in [1.82, 2.24) is 5.32 Å². The Labute approximate surface area is 81.0 Å². The van der Waals surface area contributed by atoms with Crippen molar-refractivity contribution in [3.63, 3.8) is 0 Å². The Balaban J connectivity index is 1.81. The summed E-state index contributed by atoms with van der Waals surface area (Å²) < 4.78 is 5.89. The van der Waals surface area contributed by atoms with E-state index in [0.29, 0.717) is 11.5 Å². The standard InChI is InChI=1S/C11H21NO/c1-12-8-10-4-7-11(9-13-10)5-2-3-6-11/h10,12H,2-9H2,1H3. The first-order chi connectivity index (χ1) is 6.35. The molecule has 2 rings (SSSR count). The Morgan fingerprint density at radius 3 is 2.62 bits per heavy atom. The van der Waals surface area contributed by atoms with E-state index in [9.17, 15) is 0 Å². The van der Waals surface area contributed by atoms with E-state index in [1.807, 2.05) is 7.05 Å². The summed E-state index contributed by atoms with van der Waals surface area (Å²) in [5.41, 5.74) is 0.601. The third kappa shape index (κ3) is 2.05. The van der Waals surface area contributed by atoms with Crippen LogP contribution in [-0.2, 0) is 4.74 Å². The Morgan fingerprint density at radius 1 is 1.31 bits per heavy atom. The van der Waals surface area contributed by atoms with Gasteiger partial charge < -0.3 is 10.1 Å². The summed E-state index contributed by atoms with van der Waals surface area (Å²) in [5.74, 6) is 0. The molecule has 13 heavy (non-hydrogen) atoms. The third-order valence-electron chi connectivity index (χ3n) is 3.72. The highest BCUT2D eigenvalue weighted by Gasteiger charge is 2.37. The van der Waals surface area contributed by atoms with Crippen LogP contribution in [-0.4, -0.2) is 26.3 Å². The van der Waals surface area contributed by atoms with Gasteiger partial charge in [0, 0.05) is 6.54 Å². The number of rotatable bonds is 2. The summed E-state index contributed by atoms with van der Waals surface area (Å²) >= 11 is 0. The van der Waals surface area contributed by atoms with Crippen LogP contribution in [0.3, 0.4) is 0 Å². The fourth-order valence-corrected chi connectivity index (χ4v) is 2.83. The summed E-state index contributed by atoms with van der Waals surface area (Å²) in [6, 6.07) is 0. The van der Waals surface area contributed by atoms with Gasteiger partial charge in [0.1, 0.15) is 0 Å². The fraction of sp³-hybridized carbons (Fsp3) is 1.00. The molecule has 1 saturated carbocycles. The molecule has 0 aromatic rings. The van der Waals surface area contributed by atoms with Crippen LogP contribution >= 0.6 is 0 Å². The van der Waals surface area contributed by atoms with Gasteiger partial charge in [-0.2, -0.15) is 0 Å². The Hall–Kier alpha value is -0.0800. The van der Waals surface area contributed by atoms with Crippen LogP contribution in [0, 0.1) is 5.41 Å². The molecule has 1 aliphatic carbocycles. The normalized spacial score (nSPS) is 32.5. The number of nitrogens with one attached hydrogen (secondary N) is 1. The summed E-state index contributed by atoms with van der Waals surface area (Å²) in [4.78, 5) is 0. The Morgan fingerprint density at radius 2 is 2.08 bits per heavy atom. The first-order valence-electron chi connectivity index (χ1n) is 5.61. The zero-order valence-electron chi connectivity index (χ0n) is 8.64. The molecule has 2 fully saturated rings. The first kappa shape index (κ1) is 9.47. The lowest BCUT2D eigenvalue weighted by atomic mass is 9.80. The molecule has 0 amide bonds.